The Labute approximate surface area is 168 Å². The molecule has 0 atom stereocenters. The average molecular weight is 421 g/mol. The Morgan fingerprint density at radius 3 is 2.90 bits per heavy atom. The minimum atomic E-state index is -3.72. The van der Waals surface area contributed by atoms with E-state index in [1.54, 1.807) is 24.7 Å². The topological polar surface area (TPSA) is 90.2 Å². The fourth-order valence-electron chi connectivity index (χ4n) is 2.81. The van der Waals surface area contributed by atoms with E-state index in [9.17, 15) is 13.6 Å². The van der Waals surface area contributed by atoms with Gasteiger partial charge in [-0.2, -0.15) is 13.9 Å². The van der Waals surface area contributed by atoms with E-state index in [-0.39, 0.29) is 17.0 Å². The number of carbonyl (C=O) groups excluding carboxylic acids is 1. The Morgan fingerprint density at radius 2 is 2.21 bits per heavy atom. The van der Waals surface area contributed by atoms with Crippen LogP contribution in [0.15, 0.2) is 53.7 Å². The summed E-state index contributed by atoms with van der Waals surface area (Å²) in [5.74, 6) is -0.203. The third-order valence-electron chi connectivity index (χ3n) is 4.16. The molecule has 0 aliphatic carbocycles. The zero-order valence-corrected chi connectivity index (χ0v) is 15.7. The van der Waals surface area contributed by atoms with Crippen molar-refractivity contribution in [2.75, 3.05) is 6.54 Å². The summed E-state index contributed by atoms with van der Waals surface area (Å²) in [5.41, 5.74) is -0.448. The van der Waals surface area contributed by atoms with Crippen LogP contribution in [-0.2, 0) is 11.9 Å². The van der Waals surface area contributed by atoms with Gasteiger partial charge in [-0.3, -0.25) is 4.79 Å². The lowest BCUT2D eigenvalue weighted by molar-refractivity contribution is 0.0866. The Kier molecular flexibility index (Phi) is 5.01. The van der Waals surface area contributed by atoms with E-state index in [1.807, 2.05) is 10.8 Å². The Hall–Kier alpha value is -3.27. The quantitative estimate of drug-likeness (QED) is 0.366. The van der Waals surface area contributed by atoms with Crippen LogP contribution in [0.4, 0.5) is 8.78 Å². The van der Waals surface area contributed by atoms with E-state index in [0.717, 1.165) is 10.6 Å². The van der Waals surface area contributed by atoms with Crippen LogP contribution < -0.4 is 5.32 Å². The summed E-state index contributed by atoms with van der Waals surface area (Å²) in [6, 6.07) is 5.60. The normalized spacial score (nSPS) is 11.8. The largest absolute Gasteiger partial charge is 0.463 e. The highest BCUT2D eigenvalue weighted by Crippen LogP contribution is 2.34. The molecule has 8 nitrogen and oxygen atoms in total. The van der Waals surface area contributed by atoms with E-state index >= 15 is 0 Å². The van der Waals surface area contributed by atoms with E-state index in [4.69, 9.17) is 16.0 Å². The second-order valence-corrected chi connectivity index (χ2v) is 6.69. The van der Waals surface area contributed by atoms with Crippen LogP contribution in [0.25, 0.3) is 17.1 Å². The average Bonchev–Trinajstić information content (AvgIpc) is 3.44. The van der Waals surface area contributed by atoms with Crippen LogP contribution in [0.1, 0.15) is 22.6 Å². The molecule has 0 saturated heterocycles. The number of fused-ring (bicyclic) bond motifs is 1. The lowest BCUT2D eigenvalue weighted by Gasteiger charge is -2.11. The molecule has 0 fully saturated rings. The summed E-state index contributed by atoms with van der Waals surface area (Å²) < 4.78 is 35.8. The summed E-state index contributed by atoms with van der Waals surface area (Å²) in [6.07, 6.45) is 7.24. The van der Waals surface area contributed by atoms with Gasteiger partial charge in [0.2, 0.25) is 0 Å². The summed E-state index contributed by atoms with van der Waals surface area (Å²) in [7, 11) is 0. The SMILES string of the molecule is O=C(NCCCn1ccnc1)c1cc2nc(-c3ccco3)cc(C(F)(F)Cl)n2n1. The van der Waals surface area contributed by atoms with Gasteiger partial charge in [0.25, 0.3) is 5.91 Å². The maximum absolute atomic E-state index is 13.9. The number of amides is 1. The standard InChI is InChI=1S/C18H15ClF2N6O2/c19-18(20,21)15-9-12(14-3-1-8-29-14)24-16-10-13(25-27(15)16)17(28)23-4-2-6-26-7-5-22-11-26/h1,3,5,7-11H,2,4,6H2,(H,23,28). The molecule has 0 aliphatic rings. The van der Waals surface area contributed by atoms with Gasteiger partial charge in [-0.05, 0) is 36.2 Å². The van der Waals surface area contributed by atoms with Crippen molar-refractivity contribution in [2.24, 2.45) is 0 Å². The first-order valence-corrected chi connectivity index (χ1v) is 9.05. The summed E-state index contributed by atoms with van der Waals surface area (Å²) in [4.78, 5) is 20.6. The van der Waals surface area contributed by atoms with E-state index in [2.05, 4.69) is 20.4 Å². The number of aromatic nitrogens is 5. The number of aryl methyl sites for hydroxylation is 1. The van der Waals surface area contributed by atoms with Crippen LogP contribution >= 0.6 is 11.6 Å². The number of nitrogens with zero attached hydrogens (tertiary/aromatic N) is 5. The van der Waals surface area contributed by atoms with Crippen LogP contribution in [0.2, 0.25) is 0 Å². The molecule has 4 aromatic rings. The fourth-order valence-corrected chi connectivity index (χ4v) is 2.95. The minimum absolute atomic E-state index is 0.0427. The second kappa shape index (κ2) is 7.63. The highest BCUT2D eigenvalue weighted by Gasteiger charge is 2.33. The Bertz CT molecular complexity index is 1120. The number of carbonyl (C=O) groups is 1. The third kappa shape index (κ3) is 4.11. The molecule has 0 spiro atoms. The molecular weight excluding hydrogens is 406 g/mol. The smallest absolute Gasteiger partial charge is 0.364 e. The number of halogens is 3. The summed E-state index contributed by atoms with van der Waals surface area (Å²) in [5, 5.41) is 2.95. The molecule has 29 heavy (non-hydrogen) atoms. The van der Waals surface area contributed by atoms with E-state index in [0.29, 0.717) is 25.3 Å². The van der Waals surface area contributed by atoms with Crippen molar-refractivity contribution in [1.82, 2.24) is 29.5 Å². The van der Waals surface area contributed by atoms with Gasteiger partial charge >= 0.3 is 5.38 Å². The number of hydrogen-bond donors (Lipinski definition) is 1. The molecule has 0 aliphatic heterocycles. The van der Waals surface area contributed by atoms with Crippen molar-refractivity contribution >= 4 is 23.2 Å². The molecule has 0 saturated carbocycles. The number of alkyl halides is 3. The number of nitrogens with one attached hydrogen (secondary N) is 1. The lowest BCUT2D eigenvalue weighted by Crippen LogP contribution is -2.25. The number of rotatable bonds is 7. The molecule has 4 aromatic heterocycles. The summed E-state index contributed by atoms with van der Waals surface area (Å²) >= 11 is 5.25. The van der Waals surface area contributed by atoms with Gasteiger partial charge in [-0.15, -0.1) is 0 Å². The Balaban J connectivity index is 1.56. The number of hydrogen-bond acceptors (Lipinski definition) is 5. The molecule has 0 radical (unpaired) electrons. The predicted octanol–water partition coefficient (Wildman–Crippen LogP) is 3.29. The molecule has 150 valence electrons. The first-order valence-electron chi connectivity index (χ1n) is 8.67. The highest BCUT2D eigenvalue weighted by atomic mass is 35.5. The molecule has 0 bridgehead atoms. The zero-order valence-electron chi connectivity index (χ0n) is 14.9. The highest BCUT2D eigenvalue weighted by molar-refractivity contribution is 6.21. The van der Waals surface area contributed by atoms with Gasteiger partial charge in [0.05, 0.1) is 12.6 Å². The molecule has 4 heterocycles. The number of imidazole rings is 1. The van der Waals surface area contributed by atoms with Gasteiger partial charge < -0.3 is 14.3 Å². The van der Waals surface area contributed by atoms with Gasteiger partial charge in [0.1, 0.15) is 11.4 Å². The minimum Gasteiger partial charge on any atom is -0.463 e. The van der Waals surface area contributed by atoms with Crippen LogP contribution in [-0.4, -0.2) is 36.6 Å². The summed E-state index contributed by atoms with van der Waals surface area (Å²) in [6.45, 7) is 1.07. The first-order chi connectivity index (χ1) is 13.9. The van der Waals surface area contributed by atoms with Gasteiger partial charge in [0.15, 0.2) is 17.1 Å². The molecule has 1 amide bonds. The van der Waals surface area contributed by atoms with Crippen LogP contribution in [0, 0.1) is 0 Å². The Morgan fingerprint density at radius 1 is 1.34 bits per heavy atom. The monoisotopic (exact) mass is 420 g/mol. The molecule has 1 N–H and O–H groups in total. The second-order valence-electron chi connectivity index (χ2n) is 6.21. The van der Waals surface area contributed by atoms with Gasteiger partial charge in [-0.25, -0.2) is 14.5 Å². The van der Waals surface area contributed by atoms with Gasteiger partial charge in [0, 0.05) is 31.5 Å². The van der Waals surface area contributed by atoms with Gasteiger partial charge in [-0.1, -0.05) is 0 Å². The predicted molar refractivity (Wildman–Crippen MR) is 99.6 cm³/mol. The van der Waals surface area contributed by atoms with Crippen molar-refractivity contribution in [2.45, 2.75) is 18.3 Å². The number of furan rings is 1. The lowest BCUT2D eigenvalue weighted by atomic mass is 10.2. The zero-order chi connectivity index (χ0) is 20.4. The maximum atomic E-state index is 13.9. The van der Waals surface area contributed by atoms with E-state index < -0.39 is 17.0 Å². The van der Waals surface area contributed by atoms with Crippen LogP contribution in [0.3, 0.4) is 0 Å². The molecule has 4 rings (SSSR count). The maximum Gasteiger partial charge on any atom is 0.364 e. The molecule has 0 unspecified atom stereocenters. The van der Waals surface area contributed by atoms with Crippen molar-refractivity contribution in [3.05, 3.63) is 60.6 Å². The van der Waals surface area contributed by atoms with Crippen molar-refractivity contribution in [3.63, 3.8) is 0 Å². The first kappa shape index (κ1) is 19.1. The molecule has 11 heteroatoms. The third-order valence-corrected chi connectivity index (χ3v) is 4.36. The molecular formula is C18H15ClF2N6O2. The van der Waals surface area contributed by atoms with E-state index in [1.165, 1.54) is 12.3 Å². The van der Waals surface area contributed by atoms with Crippen molar-refractivity contribution in [3.8, 4) is 11.5 Å². The molecule has 0 aromatic carbocycles. The van der Waals surface area contributed by atoms with Crippen molar-refractivity contribution < 1.29 is 18.0 Å². The van der Waals surface area contributed by atoms with Crippen LogP contribution in [0.5, 0.6) is 0 Å². The van der Waals surface area contributed by atoms with Crippen molar-refractivity contribution in [1.29, 1.82) is 0 Å². The fraction of sp³-hybridized carbons (Fsp3) is 0.222.